The maximum absolute atomic E-state index is 13.3. The molecule has 17 heavy (non-hydrogen) atoms. The van der Waals surface area contributed by atoms with E-state index in [4.69, 9.17) is 0 Å². The highest BCUT2D eigenvalue weighted by Crippen LogP contribution is 2.20. The van der Waals surface area contributed by atoms with Gasteiger partial charge in [-0.25, -0.2) is 4.39 Å². The summed E-state index contributed by atoms with van der Waals surface area (Å²) in [5, 5.41) is 0. The summed E-state index contributed by atoms with van der Waals surface area (Å²) in [7, 11) is 0. The Kier molecular flexibility index (Phi) is 4.75. The minimum atomic E-state index is -1.33. The second-order valence-electron chi connectivity index (χ2n) is 4.67. The quantitative estimate of drug-likeness (QED) is 0.602. The lowest BCUT2D eigenvalue weighted by Gasteiger charge is -2.18. The fourth-order valence-electron chi connectivity index (χ4n) is 1.04. The average Bonchev–Trinajstić information content (AvgIpc) is 2.20. The van der Waals surface area contributed by atoms with Crippen LogP contribution in [0, 0.1) is 5.82 Å². The standard InChI is InChI=1S/C12H15BrFNOS/c1-8(15-17(16)12(2,3)4)9-5-6-10(13)11(14)7-9/h5-7H,1-4H3/b15-8+. The molecular weight excluding hydrogens is 305 g/mol. The zero-order valence-electron chi connectivity index (χ0n) is 10.3. The van der Waals surface area contributed by atoms with E-state index in [2.05, 4.69) is 20.3 Å². The van der Waals surface area contributed by atoms with Crippen LogP contribution in [0.1, 0.15) is 33.3 Å². The lowest BCUT2D eigenvalue weighted by atomic mass is 10.1. The first-order valence-corrected chi connectivity index (χ1v) is 7.04. The van der Waals surface area contributed by atoms with Gasteiger partial charge in [-0.1, -0.05) is 10.5 Å². The minimum Gasteiger partial charge on any atom is -0.591 e. The smallest absolute Gasteiger partial charge is 0.144 e. The van der Waals surface area contributed by atoms with Crippen molar-refractivity contribution in [1.82, 2.24) is 0 Å². The van der Waals surface area contributed by atoms with Gasteiger partial charge in [0.2, 0.25) is 0 Å². The maximum atomic E-state index is 13.3. The van der Waals surface area contributed by atoms with Gasteiger partial charge in [-0.15, -0.1) is 0 Å². The third-order valence-corrected chi connectivity index (χ3v) is 4.21. The highest BCUT2D eigenvalue weighted by molar-refractivity contribution is 9.10. The second kappa shape index (κ2) is 5.50. The van der Waals surface area contributed by atoms with E-state index in [0.29, 0.717) is 15.7 Å². The molecule has 0 aliphatic carbocycles. The Hall–Kier alpha value is -0.390. The van der Waals surface area contributed by atoms with E-state index in [0.717, 1.165) is 0 Å². The first-order valence-electron chi connectivity index (χ1n) is 5.14. The van der Waals surface area contributed by atoms with Crippen molar-refractivity contribution in [2.45, 2.75) is 32.4 Å². The topological polar surface area (TPSA) is 35.4 Å². The normalized spacial score (nSPS) is 14.9. The number of benzene rings is 1. The molecule has 0 amide bonds. The molecule has 94 valence electrons. The number of hydrogen-bond donors (Lipinski definition) is 0. The van der Waals surface area contributed by atoms with Gasteiger partial charge in [0.05, 0.1) is 10.2 Å². The monoisotopic (exact) mass is 319 g/mol. The van der Waals surface area contributed by atoms with Crippen molar-refractivity contribution in [3.8, 4) is 0 Å². The lowest BCUT2D eigenvalue weighted by molar-refractivity contribution is 0.561. The van der Waals surface area contributed by atoms with Gasteiger partial charge in [0.25, 0.3) is 0 Å². The molecule has 0 heterocycles. The molecule has 0 spiro atoms. The zero-order valence-corrected chi connectivity index (χ0v) is 12.7. The zero-order chi connectivity index (χ0) is 13.2. The summed E-state index contributed by atoms with van der Waals surface area (Å²) in [6.07, 6.45) is 0. The molecule has 5 heteroatoms. The van der Waals surface area contributed by atoms with E-state index in [1.54, 1.807) is 19.1 Å². The molecule has 0 radical (unpaired) electrons. The van der Waals surface area contributed by atoms with Crippen LogP contribution < -0.4 is 0 Å². The SMILES string of the molecule is C/C(=N\[S+]([O-])C(C)(C)C)c1ccc(Br)c(F)c1. The molecular formula is C12H15BrFNOS. The van der Waals surface area contributed by atoms with E-state index >= 15 is 0 Å². The van der Waals surface area contributed by atoms with Gasteiger partial charge in [-0.2, -0.15) is 0 Å². The molecule has 1 aromatic carbocycles. The van der Waals surface area contributed by atoms with Gasteiger partial charge in [-0.05, 0) is 55.8 Å². The van der Waals surface area contributed by atoms with Gasteiger partial charge in [0.1, 0.15) is 21.9 Å². The first-order chi connectivity index (χ1) is 7.71. The molecule has 0 fully saturated rings. The Labute approximate surface area is 113 Å². The predicted molar refractivity (Wildman–Crippen MR) is 74.2 cm³/mol. The number of nitrogens with zero attached hydrogens (tertiary/aromatic N) is 1. The van der Waals surface area contributed by atoms with E-state index in [1.807, 2.05) is 20.8 Å². The average molecular weight is 320 g/mol. The summed E-state index contributed by atoms with van der Waals surface area (Å²) in [6, 6.07) is 4.73. The molecule has 2 nitrogen and oxygen atoms in total. The van der Waals surface area contributed by atoms with E-state index in [9.17, 15) is 8.94 Å². The lowest BCUT2D eigenvalue weighted by Crippen LogP contribution is -2.26. The molecule has 0 aliphatic rings. The van der Waals surface area contributed by atoms with Crippen molar-refractivity contribution in [2.75, 3.05) is 0 Å². The van der Waals surface area contributed by atoms with Gasteiger partial charge >= 0.3 is 0 Å². The fourth-order valence-corrected chi connectivity index (χ4v) is 1.91. The summed E-state index contributed by atoms with van der Waals surface area (Å²) >= 11 is 1.76. The predicted octanol–water partition coefficient (Wildman–Crippen LogP) is 3.86. The van der Waals surface area contributed by atoms with Crippen LogP contribution in [0.25, 0.3) is 0 Å². The van der Waals surface area contributed by atoms with Crippen LogP contribution in [0.5, 0.6) is 0 Å². The van der Waals surface area contributed by atoms with Crippen LogP contribution in [0.3, 0.4) is 0 Å². The van der Waals surface area contributed by atoms with E-state index in [1.165, 1.54) is 6.07 Å². The van der Waals surface area contributed by atoms with Gasteiger partial charge < -0.3 is 4.55 Å². The van der Waals surface area contributed by atoms with Crippen LogP contribution in [0.2, 0.25) is 0 Å². The first kappa shape index (κ1) is 14.7. The molecule has 1 atom stereocenters. The van der Waals surface area contributed by atoms with Crippen molar-refractivity contribution in [1.29, 1.82) is 0 Å². The van der Waals surface area contributed by atoms with Crippen molar-refractivity contribution < 1.29 is 8.94 Å². The molecule has 1 unspecified atom stereocenters. The molecule has 0 N–H and O–H groups in total. The molecule has 0 aromatic heterocycles. The summed E-state index contributed by atoms with van der Waals surface area (Å²) in [5.74, 6) is -0.349. The van der Waals surface area contributed by atoms with Crippen LogP contribution in [0.15, 0.2) is 27.1 Å². The Morgan fingerprint density at radius 1 is 1.41 bits per heavy atom. The molecule has 0 saturated heterocycles. The van der Waals surface area contributed by atoms with Crippen LogP contribution in [-0.2, 0) is 11.4 Å². The molecule has 0 saturated carbocycles. The van der Waals surface area contributed by atoms with Crippen molar-refractivity contribution >= 4 is 33.0 Å². The Morgan fingerprint density at radius 3 is 2.47 bits per heavy atom. The van der Waals surface area contributed by atoms with Crippen LogP contribution in [-0.4, -0.2) is 15.0 Å². The van der Waals surface area contributed by atoms with E-state index in [-0.39, 0.29) is 5.82 Å². The van der Waals surface area contributed by atoms with Gasteiger partial charge in [-0.3, -0.25) is 0 Å². The number of hydrogen-bond acceptors (Lipinski definition) is 2. The Morgan fingerprint density at radius 2 is 2.00 bits per heavy atom. The molecule has 0 aliphatic heterocycles. The molecule has 1 rings (SSSR count). The summed E-state index contributed by atoms with van der Waals surface area (Å²) < 4.78 is 29.3. The summed E-state index contributed by atoms with van der Waals surface area (Å²) in [4.78, 5) is 0. The molecule has 0 bridgehead atoms. The van der Waals surface area contributed by atoms with Gasteiger partial charge in [0, 0.05) is 5.56 Å². The highest BCUT2D eigenvalue weighted by atomic mass is 79.9. The van der Waals surface area contributed by atoms with E-state index < -0.39 is 16.1 Å². The Bertz CT molecular complexity index is 443. The second-order valence-corrected chi connectivity index (χ2v) is 7.43. The third-order valence-electron chi connectivity index (χ3n) is 2.08. The van der Waals surface area contributed by atoms with Crippen molar-refractivity contribution in [2.24, 2.45) is 4.40 Å². The minimum absolute atomic E-state index is 0.349. The van der Waals surface area contributed by atoms with Crippen LogP contribution >= 0.6 is 15.9 Å². The third kappa shape index (κ3) is 4.08. The molecule has 1 aromatic rings. The van der Waals surface area contributed by atoms with Crippen LogP contribution in [0.4, 0.5) is 4.39 Å². The van der Waals surface area contributed by atoms with Gasteiger partial charge in [0.15, 0.2) is 0 Å². The Balaban J connectivity index is 3.00. The van der Waals surface area contributed by atoms with Crippen molar-refractivity contribution in [3.05, 3.63) is 34.1 Å². The number of halogens is 2. The fraction of sp³-hybridized carbons (Fsp3) is 0.417. The number of rotatable bonds is 2. The largest absolute Gasteiger partial charge is 0.591 e. The van der Waals surface area contributed by atoms with Crippen molar-refractivity contribution in [3.63, 3.8) is 0 Å². The summed E-state index contributed by atoms with van der Waals surface area (Å²) in [6.45, 7) is 7.28. The maximum Gasteiger partial charge on any atom is 0.144 e. The summed E-state index contributed by atoms with van der Waals surface area (Å²) in [5.41, 5.74) is 1.22. The highest BCUT2D eigenvalue weighted by Gasteiger charge is 2.26.